The van der Waals surface area contributed by atoms with E-state index in [0.29, 0.717) is 17.8 Å². The molecule has 4 aromatic carbocycles. The zero-order valence-corrected chi connectivity index (χ0v) is 21.1. The summed E-state index contributed by atoms with van der Waals surface area (Å²) in [5.74, 6) is -0.296. The van der Waals surface area contributed by atoms with Gasteiger partial charge in [0.05, 0.1) is 22.7 Å². The fourth-order valence-electron chi connectivity index (χ4n) is 4.00. The number of carbonyl (C=O) groups is 1. The molecule has 5 nitrogen and oxygen atoms in total. The Kier molecular flexibility index (Phi) is 8.18. The molecule has 0 spiro atoms. The second kappa shape index (κ2) is 11.7. The van der Waals surface area contributed by atoms with Crippen LogP contribution in [-0.4, -0.2) is 20.9 Å². The molecule has 0 heterocycles. The first-order valence-corrected chi connectivity index (χ1v) is 13.4. The molecule has 0 radical (unpaired) electrons. The predicted molar refractivity (Wildman–Crippen MR) is 145 cm³/mol. The third kappa shape index (κ3) is 6.20. The SMILES string of the molecule is Cc1ccc(S(=O)(=O)N(Cc2ccccc2)c2ccccc2C(=O)NCCCc2ccccc2)cc1. The van der Waals surface area contributed by atoms with Crippen LogP contribution in [0.25, 0.3) is 0 Å². The van der Waals surface area contributed by atoms with Gasteiger partial charge in [-0.3, -0.25) is 9.10 Å². The van der Waals surface area contributed by atoms with Crippen molar-refractivity contribution < 1.29 is 13.2 Å². The molecule has 0 bridgehead atoms. The molecule has 184 valence electrons. The summed E-state index contributed by atoms with van der Waals surface area (Å²) in [5.41, 5.74) is 3.68. The number of carbonyl (C=O) groups excluding carboxylic acids is 1. The molecule has 6 heteroatoms. The van der Waals surface area contributed by atoms with Crippen molar-refractivity contribution >= 4 is 21.6 Å². The predicted octanol–water partition coefficient (Wildman–Crippen LogP) is 5.75. The standard InChI is InChI=1S/C30H30N2O3S/c1-24-18-20-27(21-19-24)36(34,35)32(23-26-13-6-3-7-14-26)29-17-9-8-16-28(29)30(33)31-22-10-15-25-11-4-2-5-12-25/h2-9,11-14,16-21H,10,15,22-23H2,1H3,(H,31,33). The van der Waals surface area contributed by atoms with Crippen LogP contribution in [0.2, 0.25) is 0 Å². The quantitative estimate of drug-likeness (QED) is 0.283. The topological polar surface area (TPSA) is 66.5 Å². The van der Waals surface area contributed by atoms with Gasteiger partial charge in [0.1, 0.15) is 0 Å². The molecule has 0 aromatic heterocycles. The summed E-state index contributed by atoms with van der Waals surface area (Å²) in [5, 5.41) is 2.97. The number of hydrogen-bond acceptors (Lipinski definition) is 3. The minimum atomic E-state index is -3.93. The Labute approximate surface area is 213 Å². The fourth-order valence-corrected chi connectivity index (χ4v) is 5.48. The Morgan fingerprint density at radius 3 is 2.00 bits per heavy atom. The first-order chi connectivity index (χ1) is 17.4. The van der Waals surface area contributed by atoms with Gasteiger partial charge in [0.2, 0.25) is 0 Å². The number of amides is 1. The van der Waals surface area contributed by atoms with Crippen LogP contribution in [0.3, 0.4) is 0 Å². The van der Waals surface area contributed by atoms with E-state index in [0.717, 1.165) is 24.0 Å². The van der Waals surface area contributed by atoms with E-state index in [4.69, 9.17) is 0 Å². The van der Waals surface area contributed by atoms with Crippen LogP contribution in [0, 0.1) is 6.92 Å². The van der Waals surface area contributed by atoms with Crippen molar-refractivity contribution in [2.24, 2.45) is 0 Å². The minimum Gasteiger partial charge on any atom is -0.352 e. The lowest BCUT2D eigenvalue weighted by Crippen LogP contribution is -2.33. The summed E-state index contributed by atoms with van der Waals surface area (Å²) in [6, 6.07) is 33.1. The fraction of sp³-hybridized carbons (Fsp3) is 0.167. The Morgan fingerprint density at radius 2 is 1.33 bits per heavy atom. The first-order valence-electron chi connectivity index (χ1n) is 12.0. The summed E-state index contributed by atoms with van der Waals surface area (Å²) >= 11 is 0. The second-order valence-electron chi connectivity index (χ2n) is 8.67. The Hall–Kier alpha value is -3.90. The van der Waals surface area contributed by atoms with Gasteiger partial charge >= 0.3 is 0 Å². The van der Waals surface area contributed by atoms with Crippen molar-refractivity contribution in [3.63, 3.8) is 0 Å². The van der Waals surface area contributed by atoms with Gasteiger partial charge in [-0.15, -0.1) is 0 Å². The average molecular weight is 499 g/mol. The number of nitrogens with zero attached hydrogens (tertiary/aromatic N) is 1. The number of aryl methyl sites for hydroxylation is 2. The summed E-state index contributed by atoms with van der Waals surface area (Å²) in [6.45, 7) is 2.51. The molecule has 36 heavy (non-hydrogen) atoms. The number of benzene rings is 4. The van der Waals surface area contributed by atoms with Gasteiger partial charge in [0.15, 0.2) is 0 Å². The van der Waals surface area contributed by atoms with E-state index in [2.05, 4.69) is 17.4 Å². The maximum absolute atomic E-state index is 13.8. The Morgan fingerprint density at radius 1 is 0.750 bits per heavy atom. The molecule has 4 aromatic rings. The number of para-hydroxylation sites is 1. The van der Waals surface area contributed by atoms with Crippen molar-refractivity contribution in [2.45, 2.75) is 31.2 Å². The molecule has 1 N–H and O–H groups in total. The van der Waals surface area contributed by atoms with E-state index >= 15 is 0 Å². The molecule has 0 aliphatic carbocycles. The van der Waals surface area contributed by atoms with Crippen LogP contribution in [-0.2, 0) is 23.0 Å². The number of rotatable bonds is 10. The molecular weight excluding hydrogens is 468 g/mol. The smallest absolute Gasteiger partial charge is 0.264 e. The molecule has 0 aliphatic heterocycles. The lowest BCUT2D eigenvalue weighted by atomic mass is 10.1. The van der Waals surface area contributed by atoms with Gasteiger partial charge in [0, 0.05) is 6.54 Å². The van der Waals surface area contributed by atoms with Crippen molar-refractivity contribution in [3.8, 4) is 0 Å². The summed E-state index contributed by atoms with van der Waals surface area (Å²) in [7, 11) is -3.93. The summed E-state index contributed by atoms with van der Waals surface area (Å²) < 4.78 is 29.0. The van der Waals surface area contributed by atoms with Crippen molar-refractivity contribution in [3.05, 3.63) is 131 Å². The van der Waals surface area contributed by atoms with Crippen molar-refractivity contribution in [1.29, 1.82) is 0 Å². The lowest BCUT2D eigenvalue weighted by molar-refractivity contribution is 0.0954. The maximum atomic E-state index is 13.8. The van der Waals surface area contributed by atoms with Gasteiger partial charge in [0.25, 0.3) is 15.9 Å². The van der Waals surface area contributed by atoms with E-state index < -0.39 is 10.0 Å². The zero-order valence-electron chi connectivity index (χ0n) is 20.3. The van der Waals surface area contributed by atoms with E-state index in [1.807, 2.05) is 55.5 Å². The number of hydrogen-bond donors (Lipinski definition) is 1. The summed E-state index contributed by atoms with van der Waals surface area (Å²) in [4.78, 5) is 13.4. The van der Waals surface area contributed by atoms with Gasteiger partial charge in [-0.05, 0) is 55.2 Å². The summed E-state index contributed by atoms with van der Waals surface area (Å²) in [6.07, 6.45) is 1.64. The lowest BCUT2D eigenvalue weighted by Gasteiger charge is -2.26. The van der Waals surface area contributed by atoms with E-state index in [9.17, 15) is 13.2 Å². The molecule has 0 unspecified atom stereocenters. The van der Waals surface area contributed by atoms with Crippen LogP contribution < -0.4 is 9.62 Å². The highest BCUT2D eigenvalue weighted by Gasteiger charge is 2.28. The number of sulfonamides is 1. The van der Waals surface area contributed by atoms with Crippen LogP contribution in [0.5, 0.6) is 0 Å². The van der Waals surface area contributed by atoms with Crippen LogP contribution in [0.4, 0.5) is 5.69 Å². The molecule has 0 fully saturated rings. The normalized spacial score (nSPS) is 11.1. The van der Waals surface area contributed by atoms with Gasteiger partial charge in [-0.2, -0.15) is 0 Å². The average Bonchev–Trinajstić information content (AvgIpc) is 2.91. The number of nitrogens with one attached hydrogen (secondary N) is 1. The molecule has 1 amide bonds. The molecular formula is C30H30N2O3S. The van der Waals surface area contributed by atoms with E-state index in [1.54, 1.807) is 48.5 Å². The molecule has 0 saturated heterocycles. The van der Waals surface area contributed by atoms with Gasteiger partial charge in [-0.25, -0.2) is 8.42 Å². The van der Waals surface area contributed by atoms with Crippen LogP contribution >= 0.6 is 0 Å². The van der Waals surface area contributed by atoms with Crippen LogP contribution in [0.1, 0.15) is 33.5 Å². The third-order valence-electron chi connectivity index (χ3n) is 5.97. The maximum Gasteiger partial charge on any atom is 0.264 e. The van der Waals surface area contributed by atoms with Crippen LogP contribution in [0.15, 0.2) is 114 Å². The molecule has 0 atom stereocenters. The Bertz CT molecular complexity index is 1390. The minimum absolute atomic E-state index is 0.106. The zero-order chi connectivity index (χ0) is 25.4. The van der Waals surface area contributed by atoms with Crippen molar-refractivity contribution in [1.82, 2.24) is 5.32 Å². The largest absolute Gasteiger partial charge is 0.352 e. The monoisotopic (exact) mass is 498 g/mol. The highest BCUT2D eigenvalue weighted by atomic mass is 32.2. The molecule has 0 aliphatic rings. The number of anilines is 1. The highest BCUT2D eigenvalue weighted by Crippen LogP contribution is 2.29. The van der Waals surface area contributed by atoms with Crippen molar-refractivity contribution in [2.75, 3.05) is 10.8 Å². The second-order valence-corrected chi connectivity index (χ2v) is 10.5. The highest BCUT2D eigenvalue weighted by molar-refractivity contribution is 7.92. The van der Waals surface area contributed by atoms with E-state index in [1.165, 1.54) is 9.87 Å². The van der Waals surface area contributed by atoms with Gasteiger partial charge < -0.3 is 5.32 Å². The third-order valence-corrected chi connectivity index (χ3v) is 7.74. The molecule has 4 rings (SSSR count). The first kappa shape index (κ1) is 25.2. The van der Waals surface area contributed by atoms with Gasteiger partial charge in [-0.1, -0.05) is 90.5 Å². The van der Waals surface area contributed by atoms with E-state index in [-0.39, 0.29) is 17.3 Å². The Balaban J connectivity index is 1.61. The molecule has 0 saturated carbocycles.